The molecule has 0 aromatic carbocycles. The largest absolute Gasteiger partial charge is 0.464 e. The van der Waals surface area contributed by atoms with Crippen LogP contribution in [0.2, 0.25) is 0 Å². The maximum Gasteiger partial charge on any atom is 0.307 e. The van der Waals surface area contributed by atoms with E-state index in [2.05, 4.69) is 151 Å². The van der Waals surface area contributed by atoms with Gasteiger partial charge in [0.1, 0.15) is 44.2 Å². The first-order valence-electron chi connectivity index (χ1n) is 58.2. The normalized spacial score (nSPS) is 12.1. The van der Waals surface area contributed by atoms with Crippen LogP contribution >= 0.6 is 0 Å². The van der Waals surface area contributed by atoms with Crippen LogP contribution in [0.25, 0.3) is 0 Å². The fraction of sp³-hybridized carbons (Fsp3) is 0.767. The molecule has 0 aromatic rings. The standard InChI is InChI=1S/C80H140N6O17.C40H71NO4/c1-6-8-10-12-14-16-18-20-22-24-26-28-30-32-34-44-77(93)102-58-54-86(55-59-103-78(94)45-35-33-31-29-27-25-23-21-19-17-15-13-11-9-7-2)76(92)49-47-73(90)68-72(42-36-38-50-81-70(4)88)79(95)83-52-40-56-97-60-62-99-64-66-101-67-65-100-63-61-98-57-41-53-84-80(96)74(43-37-39-51-82-71(5)89)85-75(91)48-46-69(3)87;1-4-6-8-10-12-14-16-18-20-22-24-26-28-30-32-34-39(42)44-37-36-41(3)38-45-40(43)35-33-31-29-27-25-23-21-19-17-15-13-11-9-7-5-2/h14-17,20-23,72,74H,6-13,18-19,24-68H2,1-5H3,(H,81,88)(H,82,89)(H,83,95)(H,84,96)(H,85,91);12-15,18-21H,4-11,16-17,22-38H2,1-3H3/b16-14-,17-15-,22-20-,23-21-;14-12-,15-13-,20-18-,21-19-/t72-,74+;/m1./s1. The van der Waals surface area contributed by atoms with Crippen molar-refractivity contribution < 1.29 is 100 Å². The molecule has 5 N–H and O–H groups in total. The molecule has 0 bridgehead atoms. The molecule has 0 rings (SSSR count). The number of ketones is 2. The monoisotopic (exact) mass is 2090 g/mol. The van der Waals surface area contributed by atoms with Gasteiger partial charge in [-0.25, -0.2) is 0 Å². The van der Waals surface area contributed by atoms with Gasteiger partial charge in [0.15, 0.2) is 0 Å². The number of carbonyl (C=O) groups is 12. The van der Waals surface area contributed by atoms with Crippen LogP contribution in [0.3, 0.4) is 0 Å². The first-order chi connectivity index (χ1) is 72.2. The Kier molecular flexibility index (Phi) is 109. The van der Waals surface area contributed by atoms with Crippen molar-refractivity contribution in [3.63, 3.8) is 0 Å². The Morgan fingerprint density at radius 2 is 0.574 bits per heavy atom. The third kappa shape index (κ3) is 110. The summed E-state index contributed by atoms with van der Waals surface area (Å²) < 4.78 is 49.9. The Hall–Kier alpha value is -8.28. The number of nitrogens with zero attached hydrogens (tertiary/aromatic N) is 2. The van der Waals surface area contributed by atoms with Crippen LogP contribution in [0.5, 0.6) is 0 Å². The van der Waals surface area contributed by atoms with Crippen molar-refractivity contribution in [3.8, 4) is 0 Å². The summed E-state index contributed by atoms with van der Waals surface area (Å²) in [7, 11) is 1.87. The van der Waals surface area contributed by atoms with Gasteiger partial charge in [-0.15, -0.1) is 0 Å². The van der Waals surface area contributed by atoms with E-state index in [-0.39, 0.29) is 149 Å². The van der Waals surface area contributed by atoms with Crippen LogP contribution in [-0.2, 0) is 100 Å². The summed E-state index contributed by atoms with van der Waals surface area (Å²) in [6.45, 7) is 19.7. The highest BCUT2D eigenvalue weighted by molar-refractivity contribution is 5.90. The molecule has 0 aliphatic rings. The average molecular weight is 2090 g/mol. The van der Waals surface area contributed by atoms with E-state index in [0.29, 0.717) is 170 Å². The Morgan fingerprint density at radius 3 is 0.919 bits per heavy atom. The summed E-state index contributed by atoms with van der Waals surface area (Å²) in [6.07, 6.45) is 91.5. The number of nitrogens with one attached hydrogen (secondary N) is 5. The van der Waals surface area contributed by atoms with Crippen LogP contribution in [-0.4, -0.2) is 232 Å². The predicted octanol–water partition coefficient (Wildman–Crippen LogP) is 24.0. The van der Waals surface area contributed by atoms with Crippen molar-refractivity contribution >= 4 is 70.9 Å². The van der Waals surface area contributed by atoms with E-state index in [9.17, 15) is 57.5 Å². The molecule has 28 nitrogen and oxygen atoms in total. The lowest BCUT2D eigenvalue weighted by Crippen LogP contribution is -2.47. The van der Waals surface area contributed by atoms with Crippen molar-refractivity contribution in [1.82, 2.24) is 36.4 Å². The van der Waals surface area contributed by atoms with E-state index in [4.69, 9.17) is 42.6 Å². The number of carbonyl (C=O) groups excluding carboxylic acids is 12. The molecule has 0 heterocycles. The zero-order chi connectivity index (χ0) is 108. The third-order valence-corrected chi connectivity index (χ3v) is 24.6. The summed E-state index contributed by atoms with van der Waals surface area (Å²) in [4.78, 5) is 153. The van der Waals surface area contributed by atoms with Gasteiger partial charge in [0.2, 0.25) is 35.4 Å². The highest BCUT2D eigenvalue weighted by atomic mass is 16.6. The van der Waals surface area contributed by atoms with Crippen molar-refractivity contribution in [2.24, 2.45) is 5.92 Å². The molecule has 0 aromatic heterocycles. The van der Waals surface area contributed by atoms with Gasteiger partial charge in [0.05, 0.1) is 65.9 Å². The second-order valence-electron chi connectivity index (χ2n) is 38.8. The first-order valence-corrected chi connectivity index (χ1v) is 58.2. The molecular weight excluding hydrogens is 1880 g/mol. The summed E-state index contributed by atoms with van der Waals surface area (Å²) in [6, 6.07) is -0.744. The van der Waals surface area contributed by atoms with Crippen LogP contribution in [0.15, 0.2) is 97.2 Å². The number of ether oxygens (including phenoxy) is 9. The summed E-state index contributed by atoms with van der Waals surface area (Å²) in [5, 5.41) is 14.0. The minimum absolute atomic E-state index is 0.0147. The Labute approximate surface area is 897 Å². The summed E-state index contributed by atoms with van der Waals surface area (Å²) in [5.74, 6) is -3.51. The summed E-state index contributed by atoms with van der Waals surface area (Å²) >= 11 is 0. The van der Waals surface area contributed by atoms with E-state index in [1.54, 1.807) is 0 Å². The van der Waals surface area contributed by atoms with Gasteiger partial charge in [-0.3, -0.25) is 57.6 Å². The maximum absolute atomic E-state index is 13.8. The van der Waals surface area contributed by atoms with Gasteiger partial charge in [-0.05, 0) is 213 Å². The predicted molar refractivity (Wildman–Crippen MR) is 599 cm³/mol. The zero-order valence-corrected chi connectivity index (χ0v) is 94.3. The molecule has 0 spiro atoms. The van der Waals surface area contributed by atoms with E-state index in [1.807, 2.05) is 11.9 Å². The molecule has 6 amide bonds. The molecule has 0 aliphatic heterocycles. The van der Waals surface area contributed by atoms with Gasteiger partial charge in [-0.2, -0.15) is 0 Å². The van der Waals surface area contributed by atoms with Crippen molar-refractivity contribution in [2.45, 2.75) is 446 Å². The lowest BCUT2D eigenvalue weighted by Gasteiger charge is -2.23. The topological polar surface area (TPSA) is 355 Å². The van der Waals surface area contributed by atoms with Crippen molar-refractivity contribution in [3.05, 3.63) is 97.2 Å². The fourth-order valence-corrected chi connectivity index (χ4v) is 15.5. The van der Waals surface area contributed by atoms with Gasteiger partial charge in [0.25, 0.3) is 0 Å². The lowest BCUT2D eigenvalue weighted by molar-refractivity contribution is -0.150. The van der Waals surface area contributed by atoms with Crippen LogP contribution < -0.4 is 26.6 Å². The molecule has 28 heteroatoms. The number of esters is 4. The molecule has 0 aliphatic carbocycles. The molecule has 0 unspecified atom stereocenters. The molecule has 148 heavy (non-hydrogen) atoms. The second kappa shape index (κ2) is 114. The Bertz CT molecular complexity index is 3410. The SMILES string of the molecule is CCCCC/C=C\C/C=C\CCCCCCCC(=O)OCCN(C)COC(=O)CCCCCCC/C=C\C/C=C\CCCCC.CCCCC/C=C\C/C=C\CCCCCCCC(=O)OCCN(CCOC(=O)CCCCCCC/C=C\C/C=C\CCCCC)C(=O)CCC(=O)C[C@@H](CCCCNC(C)=O)C(=O)NCCCOCCOCCOCCOCCOCCCNC(=O)[C@H](CCCCNC(C)=O)NC(=O)CCC(C)=O. The number of allylic oxidation sites excluding steroid dienone is 16. The quantitative estimate of drug-likeness (QED) is 0.0124. The van der Waals surface area contributed by atoms with Gasteiger partial charge >= 0.3 is 23.9 Å². The van der Waals surface area contributed by atoms with E-state index < -0.39 is 12.0 Å². The molecule has 2 atom stereocenters. The van der Waals surface area contributed by atoms with Gasteiger partial charge < -0.3 is 78.9 Å². The number of hydrogen-bond donors (Lipinski definition) is 5. The van der Waals surface area contributed by atoms with Crippen molar-refractivity contribution in [1.29, 1.82) is 0 Å². The lowest BCUT2D eigenvalue weighted by atomic mass is 9.93. The summed E-state index contributed by atoms with van der Waals surface area (Å²) in [5.41, 5.74) is 0. The highest BCUT2D eigenvalue weighted by Crippen LogP contribution is 2.20. The smallest absolute Gasteiger partial charge is 0.307 e. The number of rotatable bonds is 108. The number of unbranched alkanes of at least 4 members (excludes halogenated alkanes) is 34. The van der Waals surface area contributed by atoms with Crippen molar-refractivity contribution in [2.75, 3.05) is 145 Å². The zero-order valence-electron chi connectivity index (χ0n) is 94.3. The first kappa shape index (κ1) is 142. The van der Waals surface area contributed by atoms with E-state index in [0.717, 1.165) is 154 Å². The highest BCUT2D eigenvalue weighted by Gasteiger charge is 2.25. The van der Waals surface area contributed by atoms with Crippen LogP contribution in [0, 0.1) is 5.92 Å². The average Bonchev–Trinajstić information content (AvgIpc) is 0.897. The minimum Gasteiger partial charge on any atom is -0.464 e. The molecule has 0 radical (unpaired) electrons. The second-order valence-corrected chi connectivity index (χ2v) is 38.8. The Balaban J connectivity index is 0. The van der Waals surface area contributed by atoms with E-state index >= 15 is 0 Å². The molecule has 852 valence electrons. The minimum atomic E-state index is -0.744. The van der Waals surface area contributed by atoms with Gasteiger partial charge in [-0.1, -0.05) is 260 Å². The fourth-order valence-electron chi connectivity index (χ4n) is 15.5. The number of hydrogen-bond acceptors (Lipinski definition) is 22. The molecule has 0 saturated heterocycles. The third-order valence-electron chi connectivity index (χ3n) is 24.6. The maximum atomic E-state index is 13.8. The molecule has 0 saturated carbocycles. The number of Topliss-reactive ketones (excluding diaryl/α,β-unsaturated/α-hetero) is 2. The molecular formula is C120H211N7O21. The van der Waals surface area contributed by atoms with E-state index in [1.165, 1.54) is 154 Å². The van der Waals surface area contributed by atoms with Crippen LogP contribution in [0.4, 0.5) is 0 Å². The van der Waals surface area contributed by atoms with Crippen LogP contribution in [0.1, 0.15) is 440 Å². The number of amides is 6. The number of likely N-dealkylation sites (N-methyl/N-ethyl adjacent to an activating group) is 1. The Morgan fingerprint density at radius 1 is 0.270 bits per heavy atom. The molecule has 0 fully saturated rings. The van der Waals surface area contributed by atoms with Gasteiger partial charge in [0, 0.05) is 123 Å².